The van der Waals surface area contributed by atoms with Gasteiger partial charge in [-0.25, -0.2) is 0 Å². The lowest BCUT2D eigenvalue weighted by Gasteiger charge is -2.34. The molecule has 0 spiro atoms. The first-order valence-electron chi connectivity index (χ1n) is 24.0. The van der Waals surface area contributed by atoms with Gasteiger partial charge in [0, 0.05) is 57.3 Å². The highest BCUT2D eigenvalue weighted by atomic mass is 32.1. The molecule has 11 aromatic carbocycles. The van der Waals surface area contributed by atoms with Crippen LogP contribution in [0.5, 0.6) is 0 Å². The van der Waals surface area contributed by atoms with E-state index in [1.807, 2.05) is 22.7 Å². The van der Waals surface area contributed by atoms with Crippen molar-refractivity contribution in [2.75, 3.05) is 4.90 Å². The molecule has 13 aromatic rings. The fourth-order valence-corrected chi connectivity index (χ4v) is 13.7. The molecule has 0 saturated carbocycles. The smallest absolute Gasteiger partial charge is 0.0714 e. The monoisotopic (exact) mass is 925 g/mol. The zero-order valence-corrected chi connectivity index (χ0v) is 39.7. The SMILES string of the molecule is c1ccc(C2(c3ccccc3)c3ccccc3-c3c(N(c4ccc(-c5ccc(-c6ccc7sc8ccccc8c7c6)cc5)cc4)c4ccc(-c5cccc6c5sc5ccccc56)cc4)cccc32)cc1. The maximum atomic E-state index is 2.47. The molecule has 0 N–H and O–H groups in total. The molecular formula is C67H43NS2. The topological polar surface area (TPSA) is 3.24 Å². The van der Waals surface area contributed by atoms with Gasteiger partial charge in [-0.3, -0.25) is 0 Å². The predicted octanol–water partition coefficient (Wildman–Crippen LogP) is 19.3. The van der Waals surface area contributed by atoms with Gasteiger partial charge in [0.1, 0.15) is 0 Å². The number of rotatable bonds is 8. The maximum Gasteiger partial charge on any atom is 0.0714 e. The van der Waals surface area contributed by atoms with E-state index in [0.29, 0.717) is 0 Å². The average Bonchev–Trinajstić information content (AvgIpc) is 4.11. The van der Waals surface area contributed by atoms with Crippen LogP contribution in [0.15, 0.2) is 261 Å². The second-order valence-corrected chi connectivity index (χ2v) is 20.5. The summed E-state index contributed by atoms with van der Waals surface area (Å²) < 4.78 is 5.30. The van der Waals surface area contributed by atoms with E-state index in [1.165, 1.54) is 107 Å². The van der Waals surface area contributed by atoms with Crippen molar-refractivity contribution >= 4 is 80.1 Å². The Morgan fingerprint density at radius 3 is 1.46 bits per heavy atom. The summed E-state index contributed by atoms with van der Waals surface area (Å²) in [6.45, 7) is 0. The van der Waals surface area contributed by atoms with E-state index in [-0.39, 0.29) is 0 Å². The van der Waals surface area contributed by atoms with E-state index < -0.39 is 5.41 Å². The van der Waals surface area contributed by atoms with Gasteiger partial charge in [-0.1, -0.05) is 206 Å². The Bertz CT molecular complexity index is 4050. The van der Waals surface area contributed by atoms with Crippen molar-refractivity contribution in [1.82, 2.24) is 0 Å². The predicted molar refractivity (Wildman–Crippen MR) is 301 cm³/mol. The van der Waals surface area contributed by atoms with Crippen molar-refractivity contribution in [3.05, 3.63) is 283 Å². The minimum absolute atomic E-state index is 0.512. The molecule has 1 aliphatic carbocycles. The van der Waals surface area contributed by atoms with Crippen LogP contribution in [-0.4, -0.2) is 0 Å². The van der Waals surface area contributed by atoms with Crippen molar-refractivity contribution in [2.45, 2.75) is 5.41 Å². The van der Waals surface area contributed by atoms with Gasteiger partial charge in [0.25, 0.3) is 0 Å². The Morgan fingerprint density at radius 2 is 0.771 bits per heavy atom. The summed E-state index contributed by atoms with van der Waals surface area (Å²) in [6, 6.07) is 96.7. The Kier molecular flexibility index (Phi) is 9.55. The molecule has 0 saturated heterocycles. The third kappa shape index (κ3) is 6.36. The molecule has 3 heteroatoms. The molecule has 0 fully saturated rings. The zero-order chi connectivity index (χ0) is 46.2. The van der Waals surface area contributed by atoms with E-state index in [2.05, 4.69) is 266 Å². The van der Waals surface area contributed by atoms with E-state index >= 15 is 0 Å². The summed E-state index contributed by atoms with van der Waals surface area (Å²) >= 11 is 3.74. The van der Waals surface area contributed by atoms with Crippen LogP contribution in [0.4, 0.5) is 17.1 Å². The third-order valence-corrected chi connectivity index (χ3v) is 17.0. The lowest BCUT2D eigenvalue weighted by atomic mass is 9.68. The van der Waals surface area contributed by atoms with E-state index in [9.17, 15) is 0 Å². The fourth-order valence-electron chi connectivity index (χ4n) is 11.4. The Hall–Kier alpha value is -8.34. The van der Waals surface area contributed by atoms with Gasteiger partial charge < -0.3 is 4.90 Å². The van der Waals surface area contributed by atoms with E-state index in [4.69, 9.17) is 0 Å². The van der Waals surface area contributed by atoms with Crippen molar-refractivity contribution < 1.29 is 0 Å². The molecule has 2 aromatic heterocycles. The molecule has 0 aliphatic heterocycles. The normalized spacial score (nSPS) is 12.7. The van der Waals surface area contributed by atoms with Crippen LogP contribution < -0.4 is 4.90 Å². The Labute approximate surface area is 415 Å². The summed E-state index contributed by atoms with van der Waals surface area (Å²) in [5.41, 5.74) is 17.7. The molecule has 14 rings (SSSR count). The molecule has 0 radical (unpaired) electrons. The van der Waals surface area contributed by atoms with Crippen molar-refractivity contribution in [2.24, 2.45) is 0 Å². The lowest BCUT2D eigenvalue weighted by molar-refractivity contribution is 0.768. The van der Waals surface area contributed by atoms with Crippen molar-refractivity contribution in [3.63, 3.8) is 0 Å². The Balaban J connectivity index is 0.904. The number of benzene rings is 11. The highest BCUT2D eigenvalue weighted by Gasteiger charge is 2.47. The van der Waals surface area contributed by atoms with Gasteiger partial charge in [0.2, 0.25) is 0 Å². The van der Waals surface area contributed by atoms with Gasteiger partial charge in [-0.15, -0.1) is 22.7 Å². The largest absolute Gasteiger partial charge is 0.310 e. The van der Waals surface area contributed by atoms with Crippen molar-refractivity contribution in [1.29, 1.82) is 0 Å². The van der Waals surface area contributed by atoms with Gasteiger partial charge >= 0.3 is 0 Å². The van der Waals surface area contributed by atoms with Crippen LogP contribution in [0.3, 0.4) is 0 Å². The van der Waals surface area contributed by atoms with Gasteiger partial charge in [0.15, 0.2) is 0 Å². The number of nitrogens with zero attached hydrogens (tertiary/aromatic N) is 1. The highest BCUT2D eigenvalue weighted by Crippen LogP contribution is 2.59. The summed E-state index contributed by atoms with van der Waals surface area (Å²) in [6.07, 6.45) is 0. The van der Waals surface area contributed by atoms with Crippen LogP contribution in [0.25, 0.3) is 84.9 Å². The molecule has 0 unspecified atom stereocenters. The number of hydrogen-bond donors (Lipinski definition) is 0. The maximum absolute atomic E-state index is 2.47. The molecule has 1 nitrogen and oxygen atoms in total. The van der Waals surface area contributed by atoms with Crippen LogP contribution in [-0.2, 0) is 5.41 Å². The summed E-state index contributed by atoms with van der Waals surface area (Å²) in [7, 11) is 0. The van der Waals surface area contributed by atoms with E-state index in [1.54, 1.807) is 0 Å². The average molecular weight is 926 g/mol. The fraction of sp³-hybridized carbons (Fsp3) is 0.0149. The molecular weight excluding hydrogens is 883 g/mol. The van der Waals surface area contributed by atoms with Gasteiger partial charge in [-0.2, -0.15) is 0 Å². The van der Waals surface area contributed by atoms with Crippen LogP contribution in [0, 0.1) is 0 Å². The molecule has 0 atom stereocenters. The number of thiophene rings is 2. The highest BCUT2D eigenvalue weighted by molar-refractivity contribution is 7.26. The molecule has 0 bridgehead atoms. The number of hydrogen-bond acceptors (Lipinski definition) is 3. The third-order valence-electron chi connectivity index (χ3n) is 14.6. The molecule has 328 valence electrons. The van der Waals surface area contributed by atoms with Gasteiger partial charge in [0.05, 0.1) is 11.1 Å². The quantitative estimate of drug-likeness (QED) is 0.147. The second kappa shape index (κ2) is 16.4. The van der Waals surface area contributed by atoms with Crippen LogP contribution in [0.1, 0.15) is 22.3 Å². The van der Waals surface area contributed by atoms with E-state index in [0.717, 1.165) is 17.1 Å². The van der Waals surface area contributed by atoms with Crippen LogP contribution in [0.2, 0.25) is 0 Å². The van der Waals surface area contributed by atoms with Gasteiger partial charge in [-0.05, 0) is 116 Å². The molecule has 2 heterocycles. The first-order valence-corrected chi connectivity index (χ1v) is 25.6. The first-order chi connectivity index (χ1) is 34.7. The first kappa shape index (κ1) is 40.7. The molecule has 0 amide bonds. The molecule has 70 heavy (non-hydrogen) atoms. The summed E-state index contributed by atoms with van der Waals surface area (Å²) in [5, 5.41) is 5.28. The molecule has 1 aliphatic rings. The van der Waals surface area contributed by atoms with Crippen LogP contribution >= 0.6 is 22.7 Å². The lowest BCUT2D eigenvalue weighted by Crippen LogP contribution is -2.28. The summed E-state index contributed by atoms with van der Waals surface area (Å²) in [5.74, 6) is 0. The number of fused-ring (bicyclic) bond motifs is 9. The number of anilines is 3. The zero-order valence-electron chi connectivity index (χ0n) is 38.1. The Morgan fingerprint density at radius 1 is 0.300 bits per heavy atom. The van der Waals surface area contributed by atoms with Crippen molar-refractivity contribution in [3.8, 4) is 44.5 Å². The second-order valence-electron chi connectivity index (χ2n) is 18.3. The minimum Gasteiger partial charge on any atom is -0.310 e. The minimum atomic E-state index is -0.512. The summed E-state index contributed by atoms with van der Waals surface area (Å²) in [4.78, 5) is 2.47. The standard InChI is InChI=1S/C67H43NS2/c1-3-15-49(16-4-1)67(50-17-5-2-6-18-50)59-24-10-7-21-57(59)65-60(67)25-14-26-61(65)68(52-40-35-47(36-41-52)53-22-13-23-56-54-19-8-12-28-63(54)70-66(53)56)51-38-33-45(34-39-51)44-29-31-46(32-30-44)48-37-42-64-58(43-48)55-20-9-11-27-62(55)69-64/h1-43H.